The van der Waals surface area contributed by atoms with Crippen molar-refractivity contribution in [2.45, 2.75) is 13.5 Å². The van der Waals surface area contributed by atoms with Gasteiger partial charge in [-0.3, -0.25) is 0 Å². The third-order valence-corrected chi connectivity index (χ3v) is 2.43. The van der Waals surface area contributed by atoms with E-state index in [2.05, 4.69) is 5.16 Å². The number of benzene rings is 1. The predicted octanol–water partition coefficient (Wildman–Crippen LogP) is 2.80. The molecule has 78 valence electrons. The van der Waals surface area contributed by atoms with Crippen LogP contribution in [-0.2, 0) is 6.61 Å². The van der Waals surface area contributed by atoms with Crippen molar-refractivity contribution in [3.05, 3.63) is 40.6 Å². The number of hydrogen-bond donors (Lipinski definition) is 1. The molecule has 0 aliphatic rings. The lowest BCUT2D eigenvalue weighted by molar-refractivity contribution is 0.229. The van der Waals surface area contributed by atoms with Crippen molar-refractivity contribution in [1.29, 1.82) is 0 Å². The van der Waals surface area contributed by atoms with Crippen molar-refractivity contribution in [3.8, 4) is 11.3 Å². The quantitative estimate of drug-likeness (QED) is 0.852. The second kappa shape index (κ2) is 4.04. The van der Waals surface area contributed by atoms with Gasteiger partial charge in [-0.15, -0.1) is 0 Å². The van der Waals surface area contributed by atoms with E-state index in [9.17, 15) is 0 Å². The Morgan fingerprint density at radius 2 is 2.20 bits per heavy atom. The standard InChI is InChI=1S/C11H10ClNO2/c1-7-2-3-8(12)4-10(7)11-5-9(6-14)15-13-11/h2-5,14H,6H2,1H3. The van der Waals surface area contributed by atoms with Gasteiger partial charge >= 0.3 is 0 Å². The highest BCUT2D eigenvalue weighted by Gasteiger charge is 2.08. The van der Waals surface area contributed by atoms with Crippen molar-refractivity contribution in [1.82, 2.24) is 5.16 Å². The first-order chi connectivity index (χ1) is 7.20. The molecule has 0 saturated carbocycles. The molecule has 2 rings (SSSR count). The molecule has 4 heteroatoms. The summed E-state index contributed by atoms with van der Waals surface area (Å²) in [5.74, 6) is 0.448. The number of hydrogen-bond acceptors (Lipinski definition) is 3. The molecule has 15 heavy (non-hydrogen) atoms. The highest BCUT2D eigenvalue weighted by atomic mass is 35.5. The highest BCUT2D eigenvalue weighted by Crippen LogP contribution is 2.26. The number of halogens is 1. The lowest BCUT2D eigenvalue weighted by Gasteiger charge is -2.01. The van der Waals surface area contributed by atoms with Gasteiger partial charge in [-0.05, 0) is 24.6 Å². The first-order valence-electron chi connectivity index (χ1n) is 4.53. The van der Waals surface area contributed by atoms with Crippen LogP contribution in [0.4, 0.5) is 0 Å². The average molecular weight is 224 g/mol. The van der Waals surface area contributed by atoms with Crippen molar-refractivity contribution in [2.75, 3.05) is 0 Å². The van der Waals surface area contributed by atoms with E-state index in [4.69, 9.17) is 21.2 Å². The van der Waals surface area contributed by atoms with Gasteiger partial charge in [0.1, 0.15) is 12.3 Å². The van der Waals surface area contributed by atoms with Crippen molar-refractivity contribution in [2.24, 2.45) is 0 Å². The summed E-state index contributed by atoms with van der Waals surface area (Å²) in [6.07, 6.45) is 0. The van der Waals surface area contributed by atoms with Crippen LogP contribution in [-0.4, -0.2) is 10.3 Å². The summed E-state index contributed by atoms with van der Waals surface area (Å²) in [4.78, 5) is 0. The average Bonchev–Trinajstić information content (AvgIpc) is 2.70. The van der Waals surface area contributed by atoms with Gasteiger partial charge in [-0.1, -0.05) is 22.8 Å². The van der Waals surface area contributed by atoms with Crippen molar-refractivity contribution < 1.29 is 9.63 Å². The van der Waals surface area contributed by atoms with E-state index in [-0.39, 0.29) is 6.61 Å². The fraction of sp³-hybridized carbons (Fsp3) is 0.182. The lowest BCUT2D eigenvalue weighted by atomic mass is 10.1. The molecule has 0 bridgehead atoms. The van der Waals surface area contributed by atoms with Gasteiger partial charge in [0, 0.05) is 16.7 Å². The molecule has 0 aliphatic carbocycles. The largest absolute Gasteiger partial charge is 0.388 e. The van der Waals surface area contributed by atoms with Gasteiger partial charge < -0.3 is 9.63 Å². The topological polar surface area (TPSA) is 46.3 Å². The van der Waals surface area contributed by atoms with Crippen LogP contribution in [0, 0.1) is 6.92 Å². The molecule has 0 fully saturated rings. The molecule has 0 amide bonds. The Morgan fingerprint density at radius 3 is 2.87 bits per heavy atom. The zero-order valence-corrected chi connectivity index (χ0v) is 8.95. The number of aliphatic hydroxyl groups is 1. The Labute approximate surface area is 92.3 Å². The molecule has 0 saturated heterocycles. The predicted molar refractivity (Wildman–Crippen MR) is 57.6 cm³/mol. The van der Waals surface area contributed by atoms with Crippen molar-refractivity contribution >= 4 is 11.6 Å². The van der Waals surface area contributed by atoms with Gasteiger partial charge in [-0.2, -0.15) is 0 Å². The first kappa shape index (κ1) is 10.2. The molecule has 0 unspecified atom stereocenters. The lowest BCUT2D eigenvalue weighted by Crippen LogP contribution is -1.82. The minimum Gasteiger partial charge on any atom is -0.388 e. The number of aromatic nitrogens is 1. The van der Waals surface area contributed by atoms with E-state index < -0.39 is 0 Å². The minimum atomic E-state index is -0.146. The van der Waals surface area contributed by atoms with Crippen molar-refractivity contribution in [3.63, 3.8) is 0 Å². The van der Waals surface area contributed by atoms with E-state index in [0.717, 1.165) is 11.1 Å². The zero-order chi connectivity index (χ0) is 10.8. The second-order valence-corrected chi connectivity index (χ2v) is 3.73. The normalized spacial score (nSPS) is 10.6. The SMILES string of the molecule is Cc1ccc(Cl)cc1-c1cc(CO)on1. The third-order valence-electron chi connectivity index (χ3n) is 2.19. The molecule has 1 N–H and O–H groups in total. The van der Waals surface area contributed by atoms with Crippen LogP contribution < -0.4 is 0 Å². The maximum absolute atomic E-state index is 8.86. The third kappa shape index (κ3) is 2.03. The van der Waals surface area contributed by atoms with E-state index in [1.165, 1.54) is 0 Å². The first-order valence-corrected chi connectivity index (χ1v) is 4.91. The maximum Gasteiger partial charge on any atom is 0.162 e. The highest BCUT2D eigenvalue weighted by molar-refractivity contribution is 6.30. The monoisotopic (exact) mass is 223 g/mol. The van der Waals surface area contributed by atoms with E-state index in [1.807, 2.05) is 25.1 Å². The Bertz CT molecular complexity index is 479. The molecule has 1 heterocycles. The summed E-state index contributed by atoms with van der Waals surface area (Å²) < 4.78 is 4.92. The van der Waals surface area contributed by atoms with Gasteiger partial charge in [0.25, 0.3) is 0 Å². The number of aliphatic hydroxyl groups excluding tert-OH is 1. The van der Waals surface area contributed by atoms with Gasteiger partial charge in [0.15, 0.2) is 5.76 Å². The van der Waals surface area contributed by atoms with E-state index >= 15 is 0 Å². The minimum absolute atomic E-state index is 0.146. The van der Waals surface area contributed by atoms with Gasteiger partial charge in [0.05, 0.1) is 0 Å². The molecule has 2 aromatic rings. The number of aryl methyl sites for hydroxylation is 1. The Balaban J connectivity index is 2.48. The molecule has 1 aromatic heterocycles. The zero-order valence-electron chi connectivity index (χ0n) is 8.20. The summed E-state index contributed by atoms with van der Waals surface area (Å²) >= 11 is 5.90. The fourth-order valence-electron chi connectivity index (χ4n) is 1.38. The molecular weight excluding hydrogens is 214 g/mol. The van der Waals surface area contributed by atoms with Gasteiger partial charge in [0.2, 0.25) is 0 Å². The number of rotatable bonds is 2. The molecule has 1 aromatic carbocycles. The van der Waals surface area contributed by atoms with Crippen LogP contribution in [0.3, 0.4) is 0 Å². The van der Waals surface area contributed by atoms with Crippen LogP contribution in [0.1, 0.15) is 11.3 Å². The molecular formula is C11H10ClNO2. The van der Waals surface area contributed by atoms with Crippen LogP contribution in [0.25, 0.3) is 11.3 Å². The van der Waals surface area contributed by atoms with Gasteiger partial charge in [-0.25, -0.2) is 0 Å². The molecule has 0 atom stereocenters. The second-order valence-electron chi connectivity index (χ2n) is 3.30. The molecule has 0 radical (unpaired) electrons. The summed E-state index contributed by atoms with van der Waals surface area (Å²) in [5, 5.41) is 13.4. The Kier molecular flexibility index (Phi) is 2.75. The van der Waals surface area contributed by atoms with Crippen LogP contribution in [0.15, 0.2) is 28.8 Å². The number of nitrogens with zero attached hydrogens (tertiary/aromatic N) is 1. The summed E-state index contributed by atoms with van der Waals surface area (Å²) in [6, 6.07) is 7.28. The fourth-order valence-corrected chi connectivity index (χ4v) is 1.56. The summed E-state index contributed by atoms with van der Waals surface area (Å²) in [5.41, 5.74) is 2.68. The maximum atomic E-state index is 8.86. The smallest absolute Gasteiger partial charge is 0.162 e. The van der Waals surface area contributed by atoms with Crippen LogP contribution in [0.2, 0.25) is 5.02 Å². The molecule has 0 spiro atoms. The Hall–Kier alpha value is -1.32. The van der Waals surface area contributed by atoms with Crippen LogP contribution in [0.5, 0.6) is 0 Å². The van der Waals surface area contributed by atoms with E-state index in [1.54, 1.807) is 6.07 Å². The summed E-state index contributed by atoms with van der Waals surface area (Å²) in [6.45, 7) is 1.82. The summed E-state index contributed by atoms with van der Waals surface area (Å²) in [7, 11) is 0. The molecule has 0 aliphatic heterocycles. The Morgan fingerprint density at radius 1 is 1.40 bits per heavy atom. The van der Waals surface area contributed by atoms with Crippen LogP contribution >= 0.6 is 11.6 Å². The molecule has 3 nitrogen and oxygen atoms in total. The van der Waals surface area contributed by atoms with E-state index in [0.29, 0.717) is 16.5 Å².